The van der Waals surface area contributed by atoms with Gasteiger partial charge in [0.05, 0.1) is 6.54 Å². The summed E-state index contributed by atoms with van der Waals surface area (Å²) in [6, 6.07) is 0.549. The van der Waals surface area contributed by atoms with Gasteiger partial charge in [0.2, 0.25) is 0 Å². The molecule has 2 heterocycles. The summed E-state index contributed by atoms with van der Waals surface area (Å²) in [5, 5.41) is 8.00. The molecule has 0 bridgehead atoms. The maximum absolute atomic E-state index is 4.40. The maximum Gasteiger partial charge on any atom is 0.141 e. The molecule has 2 rings (SSSR count). The summed E-state index contributed by atoms with van der Waals surface area (Å²) in [4.78, 5) is 6.95. The van der Waals surface area contributed by atoms with E-state index in [9.17, 15) is 0 Å². The first-order chi connectivity index (χ1) is 9.14. The van der Waals surface area contributed by atoms with E-state index in [0.717, 1.165) is 32.0 Å². The van der Waals surface area contributed by atoms with Crippen LogP contribution < -0.4 is 5.32 Å². The van der Waals surface area contributed by atoms with Gasteiger partial charge in [-0.25, -0.2) is 9.67 Å². The van der Waals surface area contributed by atoms with Crippen molar-refractivity contribution in [3.8, 4) is 0 Å². The lowest BCUT2D eigenvalue weighted by molar-refractivity contribution is 0.0712. The van der Waals surface area contributed by atoms with Gasteiger partial charge in [-0.15, -0.1) is 0 Å². The van der Waals surface area contributed by atoms with Crippen molar-refractivity contribution >= 4 is 0 Å². The molecule has 1 fully saturated rings. The monoisotopic (exact) mass is 265 g/mol. The Kier molecular flexibility index (Phi) is 4.58. The van der Waals surface area contributed by atoms with Crippen LogP contribution in [0.15, 0.2) is 6.33 Å². The molecule has 5 nitrogen and oxygen atoms in total. The fourth-order valence-electron chi connectivity index (χ4n) is 2.89. The number of hydrogen-bond acceptors (Lipinski definition) is 4. The van der Waals surface area contributed by atoms with E-state index in [-0.39, 0.29) is 5.54 Å². The molecular weight excluding hydrogens is 238 g/mol. The number of hydrogen-bond donors (Lipinski definition) is 1. The molecule has 1 saturated heterocycles. The Labute approximate surface area is 116 Å². The van der Waals surface area contributed by atoms with Crippen molar-refractivity contribution in [1.29, 1.82) is 0 Å². The molecule has 108 valence electrons. The van der Waals surface area contributed by atoms with E-state index >= 15 is 0 Å². The van der Waals surface area contributed by atoms with Gasteiger partial charge in [-0.1, -0.05) is 13.8 Å². The third-order valence-corrected chi connectivity index (χ3v) is 4.59. The van der Waals surface area contributed by atoms with Crippen LogP contribution in [0.5, 0.6) is 0 Å². The summed E-state index contributed by atoms with van der Waals surface area (Å²) in [6.45, 7) is 12.9. The highest BCUT2D eigenvalue weighted by molar-refractivity contribution is 4.97. The molecule has 1 atom stereocenters. The highest BCUT2D eigenvalue weighted by Crippen LogP contribution is 2.23. The minimum Gasteiger partial charge on any atom is -0.308 e. The summed E-state index contributed by atoms with van der Waals surface area (Å²) in [6.07, 6.45) is 4.01. The fourth-order valence-corrected chi connectivity index (χ4v) is 2.89. The number of nitrogens with one attached hydrogen (secondary N) is 1. The first kappa shape index (κ1) is 14.5. The first-order valence-electron chi connectivity index (χ1n) is 7.50. The maximum atomic E-state index is 4.40. The van der Waals surface area contributed by atoms with Crippen molar-refractivity contribution in [3.63, 3.8) is 0 Å². The lowest BCUT2D eigenvalue weighted by atomic mass is 9.89. The van der Waals surface area contributed by atoms with E-state index in [1.807, 2.05) is 4.68 Å². The van der Waals surface area contributed by atoms with Gasteiger partial charge >= 0.3 is 0 Å². The van der Waals surface area contributed by atoms with Gasteiger partial charge in [0.1, 0.15) is 12.2 Å². The first-order valence-corrected chi connectivity index (χ1v) is 7.50. The van der Waals surface area contributed by atoms with Gasteiger partial charge in [-0.3, -0.25) is 4.90 Å². The van der Waals surface area contributed by atoms with Crippen LogP contribution >= 0.6 is 0 Å². The zero-order valence-corrected chi connectivity index (χ0v) is 12.7. The normalized spacial score (nSPS) is 23.7. The van der Waals surface area contributed by atoms with Gasteiger partial charge in [-0.05, 0) is 26.7 Å². The van der Waals surface area contributed by atoms with Crippen molar-refractivity contribution in [2.45, 2.75) is 65.2 Å². The van der Waals surface area contributed by atoms with Crippen LogP contribution in [0.1, 0.15) is 46.4 Å². The fraction of sp³-hybridized carbons (Fsp3) is 0.857. The minimum absolute atomic E-state index is 0.267. The molecule has 0 aliphatic carbocycles. The predicted octanol–water partition coefficient (Wildman–Crippen LogP) is 1.65. The smallest absolute Gasteiger partial charge is 0.141 e. The lowest BCUT2D eigenvalue weighted by Gasteiger charge is -2.46. The molecule has 1 unspecified atom stereocenters. The van der Waals surface area contributed by atoms with Crippen LogP contribution in [0.3, 0.4) is 0 Å². The van der Waals surface area contributed by atoms with E-state index < -0.39 is 0 Å². The molecular formula is C14H27N5. The molecule has 1 aromatic rings. The molecule has 1 N–H and O–H groups in total. The topological polar surface area (TPSA) is 46.0 Å². The van der Waals surface area contributed by atoms with E-state index in [0.29, 0.717) is 6.04 Å². The number of aryl methyl sites for hydroxylation is 1. The van der Waals surface area contributed by atoms with Crippen LogP contribution in [0.4, 0.5) is 0 Å². The SMILES string of the molecule is CCn1ncnc1CN1CC(CC)(CC)NCC1C. The van der Waals surface area contributed by atoms with Crippen molar-refractivity contribution in [3.05, 3.63) is 12.2 Å². The summed E-state index contributed by atoms with van der Waals surface area (Å²) in [5.41, 5.74) is 0.267. The van der Waals surface area contributed by atoms with Crippen LogP contribution in [-0.2, 0) is 13.1 Å². The predicted molar refractivity (Wildman–Crippen MR) is 76.9 cm³/mol. The van der Waals surface area contributed by atoms with E-state index in [4.69, 9.17) is 0 Å². The zero-order chi connectivity index (χ0) is 13.9. The standard InChI is InChI=1S/C14H27N5/c1-5-14(6-2)10-18(12(4)8-16-14)9-13-15-11-17-19(13)7-3/h11-12,16H,5-10H2,1-4H3. The summed E-state index contributed by atoms with van der Waals surface area (Å²) < 4.78 is 1.99. The van der Waals surface area contributed by atoms with Crippen molar-refractivity contribution in [1.82, 2.24) is 25.0 Å². The second-order valence-electron chi connectivity index (χ2n) is 5.61. The molecule has 0 aromatic carbocycles. The van der Waals surface area contributed by atoms with Gasteiger partial charge in [0.15, 0.2) is 0 Å². The Morgan fingerprint density at radius 1 is 1.37 bits per heavy atom. The third kappa shape index (κ3) is 2.98. The van der Waals surface area contributed by atoms with Gasteiger partial charge in [-0.2, -0.15) is 5.10 Å². The molecule has 1 aliphatic heterocycles. The van der Waals surface area contributed by atoms with E-state index in [2.05, 4.69) is 48.0 Å². The van der Waals surface area contributed by atoms with E-state index in [1.165, 1.54) is 12.8 Å². The molecule has 5 heteroatoms. The summed E-state index contributed by atoms with van der Waals surface area (Å²) in [5.74, 6) is 1.08. The highest BCUT2D eigenvalue weighted by atomic mass is 15.4. The highest BCUT2D eigenvalue weighted by Gasteiger charge is 2.35. The summed E-state index contributed by atoms with van der Waals surface area (Å²) >= 11 is 0. The number of rotatable bonds is 5. The lowest BCUT2D eigenvalue weighted by Crippen LogP contribution is -2.62. The Bertz CT molecular complexity index is 396. The molecule has 19 heavy (non-hydrogen) atoms. The Hall–Kier alpha value is -0.940. The molecule has 0 spiro atoms. The minimum atomic E-state index is 0.267. The molecule has 0 amide bonds. The number of aromatic nitrogens is 3. The third-order valence-electron chi connectivity index (χ3n) is 4.59. The number of piperazine rings is 1. The van der Waals surface area contributed by atoms with Gasteiger partial charge in [0.25, 0.3) is 0 Å². The average Bonchev–Trinajstić information content (AvgIpc) is 2.89. The molecule has 0 radical (unpaired) electrons. The average molecular weight is 265 g/mol. The van der Waals surface area contributed by atoms with Crippen molar-refractivity contribution in [2.75, 3.05) is 13.1 Å². The van der Waals surface area contributed by atoms with Crippen LogP contribution in [0.2, 0.25) is 0 Å². The van der Waals surface area contributed by atoms with Crippen LogP contribution in [0.25, 0.3) is 0 Å². The largest absolute Gasteiger partial charge is 0.308 e. The second kappa shape index (κ2) is 6.01. The molecule has 0 saturated carbocycles. The number of nitrogens with zero attached hydrogens (tertiary/aromatic N) is 4. The van der Waals surface area contributed by atoms with Gasteiger partial charge < -0.3 is 5.32 Å². The second-order valence-corrected chi connectivity index (χ2v) is 5.61. The van der Waals surface area contributed by atoms with Crippen molar-refractivity contribution in [2.24, 2.45) is 0 Å². The Morgan fingerprint density at radius 2 is 2.11 bits per heavy atom. The zero-order valence-electron chi connectivity index (χ0n) is 12.7. The van der Waals surface area contributed by atoms with E-state index in [1.54, 1.807) is 6.33 Å². The van der Waals surface area contributed by atoms with Crippen LogP contribution in [-0.4, -0.2) is 44.3 Å². The van der Waals surface area contributed by atoms with Crippen LogP contribution in [0, 0.1) is 0 Å². The Balaban J connectivity index is 2.09. The molecule has 1 aliphatic rings. The summed E-state index contributed by atoms with van der Waals surface area (Å²) in [7, 11) is 0. The Morgan fingerprint density at radius 3 is 2.74 bits per heavy atom. The van der Waals surface area contributed by atoms with Gasteiger partial charge in [0, 0.05) is 31.2 Å². The quantitative estimate of drug-likeness (QED) is 0.879. The molecule has 1 aromatic heterocycles. The van der Waals surface area contributed by atoms with Crippen molar-refractivity contribution < 1.29 is 0 Å².